The van der Waals surface area contributed by atoms with E-state index in [0.29, 0.717) is 6.04 Å². The molecule has 10 heteroatoms. The van der Waals surface area contributed by atoms with Crippen LogP contribution in [0.1, 0.15) is 19.8 Å². The molecule has 0 aliphatic carbocycles. The van der Waals surface area contributed by atoms with Crippen LogP contribution in [0.3, 0.4) is 0 Å². The summed E-state index contributed by atoms with van der Waals surface area (Å²) < 4.78 is 37.8. The number of halogens is 1. The van der Waals surface area contributed by atoms with Crippen molar-refractivity contribution in [3.05, 3.63) is 14.7 Å². The number of nitrogens with zero attached hydrogens (tertiary/aromatic N) is 1. The lowest BCUT2D eigenvalue weighted by molar-refractivity contribution is -2.00. The van der Waals surface area contributed by atoms with Crippen molar-refractivity contribution in [2.24, 2.45) is 0 Å². The summed E-state index contributed by atoms with van der Waals surface area (Å²) in [5.74, 6) is 0.0902. The molecule has 2 rings (SSSR count). The van der Waals surface area contributed by atoms with Gasteiger partial charge >= 0.3 is 3.98 Å². The summed E-state index contributed by atoms with van der Waals surface area (Å²) in [5.41, 5.74) is 0. The number of carbonyl (C=O) groups is 1. The Bertz CT molecular complexity index is 464. The van der Waals surface area contributed by atoms with E-state index in [1.54, 1.807) is 29.6 Å². The number of hydrogen-bond acceptors (Lipinski definition) is 7. The van der Waals surface area contributed by atoms with Crippen molar-refractivity contribution >= 4 is 28.6 Å². The van der Waals surface area contributed by atoms with Gasteiger partial charge in [0.15, 0.2) is 0 Å². The van der Waals surface area contributed by atoms with Gasteiger partial charge in [-0.05, 0) is 0 Å². The van der Waals surface area contributed by atoms with E-state index in [0.717, 1.165) is 25.9 Å². The predicted octanol–water partition coefficient (Wildman–Crippen LogP) is -3.88. The Morgan fingerprint density at radius 1 is 1.25 bits per heavy atom. The molecule has 0 bridgehead atoms. The lowest BCUT2D eigenvalue weighted by atomic mass is 10.1. The van der Waals surface area contributed by atoms with Crippen molar-refractivity contribution in [3.8, 4) is 0 Å². The Morgan fingerprint density at radius 2 is 1.70 bits per heavy atom. The largest absolute Gasteiger partial charge is 0.353 e. The molecule has 20 heavy (non-hydrogen) atoms. The average Bonchev–Trinajstić information content (AvgIpc) is 2.80. The van der Waals surface area contributed by atoms with Gasteiger partial charge in [0.1, 0.15) is 13.1 Å². The lowest BCUT2D eigenvalue weighted by Crippen LogP contribution is -2.68. The fraction of sp³-hybridized carbons (Fsp3) is 0.600. The van der Waals surface area contributed by atoms with E-state index < -0.39 is 10.2 Å². The second-order valence-corrected chi connectivity index (χ2v) is 6.92. The van der Waals surface area contributed by atoms with Gasteiger partial charge in [-0.15, -0.1) is 10.2 Å². The second-order valence-electron chi connectivity index (χ2n) is 4.11. The van der Waals surface area contributed by atoms with Crippen LogP contribution >= 0.6 is 22.7 Å². The first-order chi connectivity index (χ1) is 9.25. The summed E-state index contributed by atoms with van der Waals surface area (Å²) in [6, 6.07) is 0.378. The minimum absolute atomic E-state index is 0.0902. The molecule has 0 atom stereocenters. The topological polar surface area (TPSA) is 124 Å². The molecule has 1 aliphatic rings. The molecule has 0 radical (unpaired) electrons. The maximum absolute atomic E-state index is 10.9. The zero-order valence-corrected chi connectivity index (χ0v) is 13.1. The van der Waals surface area contributed by atoms with Crippen LogP contribution in [-0.2, 0) is 4.79 Å². The van der Waals surface area contributed by atoms with Crippen LogP contribution in [0, 0.1) is 10.2 Å². The first-order valence-electron chi connectivity index (χ1n) is 5.75. The van der Waals surface area contributed by atoms with Crippen LogP contribution < -0.4 is 32.5 Å². The minimum atomic E-state index is -4.94. The number of piperidine rings is 1. The Labute approximate surface area is 126 Å². The monoisotopic (exact) mass is 342 g/mol. The van der Waals surface area contributed by atoms with Crippen LogP contribution in [0.15, 0.2) is 10.8 Å². The van der Waals surface area contributed by atoms with Crippen LogP contribution in [0.25, 0.3) is 0 Å². The van der Waals surface area contributed by atoms with Gasteiger partial charge in [-0.3, -0.25) is 4.79 Å². The van der Waals surface area contributed by atoms with E-state index in [-0.39, 0.29) is 5.91 Å². The molecule has 1 aliphatic heterocycles. The highest BCUT2D eigenvalue weighted by Crippen LogP contribution is 2.05. The quantitative estimate of drug-likeness (QED) is 0.523. The maximum atomic E-state index is 10.9. The summed E-state index contributed by atoms with van der Waals surface area (Å²) in [7, 11) is -4.94. The molecular weight excluding hydrogens is 328 g/mol. The van der Waals surface area contributed by atoms with Gasteiger partial charge < -0.3 is 5.32 Å². The normalized spacial score (nSPS) is 19.1. The van der Waals surface area contributed by atoms with E-state index in [1.165, 1.54) is 3.98 Å². The molecule has 0 spiro atoms. The Morgan fingerprint density at radius 3 is 2.10 bits per heavy atom. The minimum Gasteiger partial charge on any atom is -0.353 e. The maximum Gasteiger partial charge on any atom is 0.313 e. The standard InChI is InChI=1S/C10H14N2OS2.ClHO4/c1-8(13)11-9-2-4-12(5-3-9)10-14-6-7-15-10;2-1(3,4)5/h6-7,9H,2-5H2,1H3;(H,2,3,4,5). The average molecular weight is 343 g/mol. The molecule has 1 amide bonds. The molecule has 0 saturated carbocycles. The SMILES string of the molecule is CC(=O)NC1CC[N+](=c2sccs2)CC1.[O-][Cl+3]([O-])([O-])[O-]. The Hall–Kier alpha value is -0.550. The molecule has 2 heterocycles. The highest BCUT2D eigenvalue weighted by molar-refractivity contribution is 7.24. The third-order valence-corrected chi connectivity index (χ3v) is 4.77. The van der Waals surface area contributed by atoms with E-state index in [4.69, 9.17) is 18.6 Å². The van der Waals surface area contributed by atoms with Crippen molar-refractivity contribution in [2.45, 2.75) is 25.8 Å². The smallest absolute Gasteiger partial charge is 0.313 e. The zero-order chi connectivity index (χ0) is 15.2. The van der Waals surface area contributed by atoms with Crippen molar-refractivity contribution in [2.75, 3.05) is 13.1 Å². The summed E-state index contributed by atoms with van der Waals surface area (Å²) in [4.78, 5) is 10.9. The first kappa shape index (κ1) is 17.5. The van der Waals surface area contributed by atoms with Gasteiger partial charge in [0.2, 0.25) is 5.91 Å². The first-order valence-corrected chi connectivity index (χ1v) is 8.74. The highest BCUT2D eigenvalue weighted by atomic mass is 35.7. The number of carbonyl (C=O) groups excluding carboxylic acids is 1. The van der Waals surface area contributed by atoms with Crippen molar-refractivity contribution in [3.63, 3.8) is 0 Å². The van der Waals surface area contributed by atoms with Crippen LogP contribution in [-0.4, -0.2) is 25.0 Å². The predicted molar refractivity (Wildman–Crippen MR) is 64.0 cm³/mol. The molecule has 0 unspecified atom stereocenters. The van der Waals surface area contributed by atoms with Gasteiger partial charge in [0.25, 0.3) is 0 Å². The Kier molecular flexibility index (Phi) is 7.03. The van der Waals surface area contributed by atoms with Gasteiger partial charge in [0.05, 0.1) is 0 Å². The van der Waals surface area contributed by atoms with Gasteiger partial charge in [-0.25, -0.2) is 23.2 Å². The summed E-state index contributed by atoms with van der Waals surface area (Å²) in [6.07, 6.45) is 2.12. The summed E-state index contributed by atoms with van der Waals surface area (Å²) in [6.45, 7) is 3.71. The summed E-state index contributed by atoms with van der Waals surface area (Å²) in [5, 5.41) is 7.24. The highest BCUT2D eigenvalue weighted by Gasteiger charge is 2.22. The third kappa shape index (κ3) is 7.90. The van der Waals surface area contributed by atoms with Crippen molar-refractivity contribution < 1.29 is 33.7 Å². The number of rotatable bonds is 1. The fourth-order valence-electron chi connectivity index (χ4n) is 1.84. The van der Waals surface area contributed by atoms with Crippen LogP contribution in [0.5, 0.6) is 0 Å². The zero-order valence-electron chi connectivity index (χ0n) is 10.7. The number of amides is 1. The number of nitrogens with one attached hydrogen (secondary N) is 1. The molecular formula is C10H15ClN2O5S2. The van der Waals surface area contributed by atoms with Crippen molar-refractivity contribution in [1.82, 2.24) is 9.89 Å². The van der Waals surface area contributed by atoms with Gasteiger partial charge in [-0.1, -0.05) is 22.7 Å². The van der Waals surface area contributed by atoms with Crippen molar-refractivity contribution in [1.29, 1.82) is 0 Å². The number of hydrogen-bond donors (Lipinski definition) is 1. The molecule has 1 N–H and O–H groups in total. The molecule has 1 fully saturated rings. The molecule has 1 aromatic rings. The lowest BCUT2D eigenvalue weighted by Gasteiger charge is -2.20. The Balaban J connectivity index is 0.000000347. The van der Waals surface area contributed by atoms with Crippen LogP contribution in [0.2, 0.25) is 0 Å². The van der Waals surface area contributed by atoms with Gasteiger partial charge in [-0.2, -0.15) is 0 Å². The molecule has 1 saturated heterocycles. The third-order valence-electron chi connectivity index (χ3n) is 2.55. The van der Waals surface area contributed by atoms with E-state index in [2.05, 4.69) is 20.7 Å². The van der Waals surface area contributed by atoms with Crippen LogP contribution in [0.4, 0.5) is 0 Å². The van der Waals surface area contributed by atoms with E-state index in [1.807, 2.05) is 0 Å². The van der Waals surface area contributed by atoms with E-state index in [9.17, 15) is 4.79 Å². The summed E-state index contributed by atoms with van der Waals surface area (Å²) >= 11 is 3.60. The van der Waals surface area contributed by atoms with Gasteiger partial charge in [0, 0.05) is 36.6 Å². The molecule has 0 aromatic carbocycles. The molecule has 114 valence electrons. The second kappa shape index (κ2) is 8.03. The molecule has 1 aromatic heterocycles. The van der Waals surface area contributed by atoms with E-state index >= 15 is 0 Å². The molecule has 7 nitrogen and oxygen atoms in total. The fourth-order valence-corrected chi connectivity index (χ4v) is 3.74.